The fourth-order valence-corrected chi connectivity index (χ4v) is 2.23. The van der Waals surface area contributed by atoms with Crippen LogP contribution in [0, 0.1) is 0 Å². The molecule has 0 fully saturated rings. The van der Waals surface area contributed by atoms with Crippen LogP contribution in [0.15, 0.2) is 84.2 Å². The molecule has 0 aliphatic heterocycles. The first-order valence-corrected chi connectivity index (χ1v) is 7.37. The highest BCUT2D eigenvalue weighted by Gasteiger charge is 2.05. The fraction of sp³-hybridized carbons (Fsp3) is 0.0526. The first-order valence-electron chi connectivity index (χ1n) is 7.37. The molecule has 3 rings (SSSR count). The topological polar surface area (TPSA) is 46.4 Å². The van der Waals surface area contributed by atoms with E-state index in [-0.39, 0.29) is 5.91 Å². The monoisotopic (exact) mass is 303 g/mol. The van der Waals surface area contributed by atoms with Crippen LogP contribution in [0.1, 0.15) is 22.8 Å². The normalized spacial score (nSPS) is 11.3. The zero-order valence-corrected chi connectivity index (χ0v) is 12.8. The molecule has 0 bridgehead atoms. The Labute approximate surface area is 135 Å². The van der Waals surface area contributed by atoms with Crippen LogP contribution in [0.2, 0.25) is 0 Å². The molecule has 4 heteroatoms. The SMILES string of the molecule is C/C(=N\NC(=O)c1ccc(-n2cccc2)cc1)c1ccccc1. The van der Waals surface area contributed by atoms with Crippen molar-refractivity contribution in [2.45, 2.75) is 6.92 Å². The summed E-state index contributed by atoms with van der Waals surface area (Å²) >= 11 is 0. The smallest absolute Gasteiger partial charge is 0.271 e. The van der Waals surface area contributed by atoms with Crippen molar-refractivity contribution in [1.29, 1.82) is 0 Å². The van der Waals surface area contributed by atoms with E-state index in [1.165, 1.54) is 0 Å². The summed E-state index contributed by atoms with van der Waals surface area (Å²) in [5, 5.41) is 4.15. The number of amides is 1. The van der Waals surface area contributed by atoms with Crippen molar-refractivity contribution in [3.63, 3.8) is 0 Å². The highest BCUT2D eigenvalue weighted by atomic mass is 16.2. The molecule has 0 radical (unpaired) electrons. The van der Waals surface area contributed by atoms with Crippen molar-refractivity contribution in [2.75, 3.05) is 0 Å². The van der Waals surface area contributed by atoms with E-state index in [0.29, 0.717) is 5.56 Å². The maximum Gasteiger partial charge on any atom is 0.271 e. The predicted octanol–water partition coefficient (Wildman–Crippen LogP) is 3.63. The van der Waals surface area contributed by atoms with Crippen LogP contribution >= 0.6 is 0 Å². The number of hydrazone groups is 1. The van der Waals surface area contributed by atoms with Crippen LogP contribution in [-0.2, 0) is 0 Å². The Hall–Kier alpha value is -3.14. The van der Waals surface area contributed by atoms with Crippen molar-refractivity contribution in [1.82, 2.24) is 9.99 Å². The van der Waals surface area contributed by atoms with Gasteiger partial charge in [-0.1, -0.05) is 30.3 Å². The van der Waals surface area contributed by atoms with E-state index in [0.717, 1.165) is 17.0 Å². The molecule has 4 nitrogen and oxygen atoms in total. The molecular formula is C19H17N3O. The summed E-state index contributed by atoms with van der Waals surface area (Å²) in [7, 11) is 0. The molecular weight excluding hydrogens is 286 g/mol. The number of carbonyl (C=O) groups is 1. The summed E-state index contributed by atoms with van der Waals surface area (Å²) in [5.41, 5.74) is 5.93. The van der Waals surface area contributed by atoms with Gasteiger partial charge in [0, 0.05) is 23.6 Å². The van der Waals surface area contributed by atoms with Crippen molar-refractivity contribution >= 4 is 11.6 Å². The summed E-state index contributed by atoms with van der Waals surface area (Å²) in [4.78, 5) is 12.2. The molecule has 1 N–H and O–H groups in total. The average Bonchev–Trinajstić information content (AvgIpc) is 3.15. The van der Waals surface area contributed by atoms with Crippen LogP contribution in [0.4, 0.5) is 0 Å². The van der Waals surface area contributed by atoms with E-state index in [2.05, 4.69) is 10.5 Å². The summed E-state index contributed by atoms with van der Waals surface area (Å²) in [6.45, 7) is 1.87. The number of hydrogen-bond donors (Lipinski definition) is 1. The van der Waals surface area contributed by atoms with Crippen molar-refractivity contribution in [3.05, 3.63) is 90.3 Å². The molecule has 0 atom stereocenters. The highest BCUT2D eigenvalue weighted by molar-refractivity contribution is 6.00. The third kappa shape index (κ3) is 3.55. The quantitative estimate of drug-likeness (QED) is 0.580. The lowest BCUT2D eigenvalue weighted by molar-refractivity contribution is 0.0955. The maximum atomic E-state index is 12.2. The van der Waals surface area contributed by atoms with Gasteiger partial charge in [0.05, 0.1) is 5.71 Å². The Morgan fingerprint density at radius 2 is 1.52 bits per heavy atom. The molecule has 1 heterocycles. The third-order valence-electron chi connectivity index (χ3n) is 3.55. The molecule has 1 aromatic heterocycles. The van der Waals surface area contributed by atoms with Gasteiger partial charge in [-0.25, -0.2) is 5.43 Å². The molecule has 0 aliphatic carbocycles. The molecule has 0 aliphatic rings. The van der Waals surface area contributed by atoms with Crippen molar-refractivity contribution in [2.24, 2.45) is 5.10 Å². The molecule has 3 aromatic rings. The minimum Gasteiger partial charge on any atom is -0.324 e. The predicted molar refractivity (Wildman–Crippen MR) is 91.9 cm³/mol. The second kappa shape index (κ2) is 6.75. The lowest BCUT2D eigenvalue weighted by Crippen LogP contribution is -2.19. The van der Waals surface area contributed by atoms with E-state index in [1.54, 1.807) is 12.1 Å². The number of nitrogens with one attached hydrogen (secondary N) is 1. The molecule has 1 amide bonds. The molecule has 23 heavy (non-hydrogen) atoms. The maximum absolute atomic E-state index is 12.2. The number of hydrogen-bond acceptors (Lipinski definition) is 2. The molecule has 0 saturated carbocycles. The Morgan fingerprint density at radius 1 is 0.870 bits per heavy atom. The minimum absolute atomic E-state index is 0.223. The Kier molecular flexibility index (Phi) is 4.34. The van der Waals surface area contributed by atoms with Crippen LogP contribution in [0.3, 0.4) is 0 Å². The van der Waals surface area contributed by atoms with Crippen molar-refractivity contribution in [3.8, 4) is 5.69 Å². The third-order valence-corrected chi connectivity index (χ3v) is 3.55. The number of rotatable bonds is 4. The van der Waals surface area contributed by atoms with Gasteiger partial charge >= 0.3 is 0 Å². The Bertz CT molecular complexity index is 804. The molecule has 114 valence electrons. The van der Waals surface area contributed by atoms with Crippen LogP contribution in [0.25, 0.3) is 5.69 Å². The van der Waals surface area contributed by atoms with Crippen molar-refractivity contribution < 1.29 is 4.79 Å². The minimum atomic E-state index is -0.223. The number of benzene rings is 2. The average molecular weight is 303 g/mol. The van der Waals surface area contributed by atoms with E-state index in [1.807, 2.05) is 78.5 Å². The van der Waals surface area contributed by atoms with Gasteiger partial charge in [-0.15, -0.1) is 0 Å². The van der Waals surface area contributed by atoms with Crippen LogP contribution in [0.5, 0.6) is 0 Å². The zero-order chi connectivity index (χ0) is 16.1. The van der Waals surface area contributed by atoms with E-state index >= 15 is 0 Å². The van der Waals surface area contributed by atoms with Gasteiger partial charge in [0.15, 0.2) is 0 Å². The van der Waals surface area contributed by atoms with Gasteiger partial charge in [0.1, 0.15) is 0 Å². The van der Waals surface area contributed by atoms with E-state index < -0.39 is 0 Å². The van der Waals surface area contributed by atoms with Gasteiger partial charge in [-0.2, -0.15) is 5.10 Å². The van der Waals surface area contributed by atoms with Gasteiger partial charge in [-0.3, -0.25) is 4.79 Å². The fourth-order valence-electron chi connectivity index (χ4n) is 2.23. The summed E-state index contributed by atoms with van der Waals surface area (Å²) in [6, 6.07) is 21.0. The molecule has 0 spiro atoms. The first-order chi connectivity index (χ1) is 11.2. The highest BCUT2D eigenvalue weighted by Crippen LogP contribution is 2.10. The molecule has 2 aromatic carbocycles. The molecule has 0 saturated heterocycles. The number of carbonyl (C=O) groups excluding carboxylic acids is 1. The van der Waals surface area contributed by atoms with Gasteiger partial charge in [0.2, 0.25) is 0 Å². The van der Waals surface area contributed by atoms with Crippen LogP contribution < -0.4 is 5.43 Å². The first kappa shape index (κ1) is 14.8. The second-order valence-corrected chi connectivity index (χ2v) is 5.14. The van der Waals surface area contributed by atoms with E-state index in [9.17, 15) is 4.79 Å². The van der Waals surface area contributed by atoms with Gasteiger partial charge in [0.25, 0.3) is 5.91 Å². The zero-order valence-electron chi connectivity index (χ0n) is 12.8. The number of nitrogens with zero attached hydrogens (tertiary/aromatic N) is 2. The largest absolute Gasteiger partial charge is 0.324 e. The van der Waals surface area contributed by atoms with Gasteiger partial charge < -0.3 is 4.57 Å². The Balaban J connectivity index is 1.69. The molecule has 0 unspecified atom stereocenters. The second-order valence-electron chi connectivity index (χ2n) is 5.14. The lowest BCUT2D eigenvalue weighted by atomic mass is 10.1. The Morgan fingerprint density at radius 3 is 2.17 bits per heavy atom. The lowest BCUT2D eigenvalue weighted by Gasteiger charge is -2.05. The number of aromatic nitrogens is 1. The summed E-state index contributed by atoms with van der Waals surface area (Å²) in [5.74, 6) is -0.223. The summed E-state index contributed by atoms with van der Waals surface area (Å²) in [6.07, 6.45) is 3.92. The summed E-state index contributed by atoms with van der Waals surface area (Å²) < 4.78 is 1.99. The standard InChI is InChI=1S/C19H17N3O/c1-15(16-7-3-2-4-8-16)20-21-19(23)17-9-11-18(12-10-17)22-13-5-6-14-22/h2-14H,1H3,(H,21,23)/b20-15+. The van der Waals surface area contributed by atoms with Crippen LogP contribution in [-0.4, -0.2) is 16.2 Å². The van der Waals surface area contributed by atoms with E-state index in [4.69, 9.17) is 0 Å². The van der Waals surface area contributed by atoms with Gasteiger partial charge in [-0.05, 0) is 48.9 Å².